The van der Waals surface area contributed by atoms with Gasteiger partial charge in [-0.05, 0) is 60.7 Å². The summed E-state index contributed by atoms with van der Waals surface area (Å²) in [5.74, 6) is -3.40. The number of para-hydroxylation sites is 1. The number of carbonyl (C=O) groups excluding carboxylic acids is 3. The zero-order valence-corrected chi connectivity index (χ0v) is 14.3. The number of amides is 2. The zero-order chi connectivity index (χ0) is 20.1. The van der Waals surface area contributed by atoms with Crippen LogP contribution in [0.2, 0.25) is 0 Å². The average molecular weight is 381 g/mol. The van der Waals surface area contributed by atoms with Gasteiger partial charge in [0.15, 0.2) is 0 Å². The average Bonchev–Trinajstić information content (AvgIpc) is 2.69. The second-order valence-corrected chi connectivity index (χ2v) is 5.68. The van der Waals surface area contributed by atoms with Crippen LogP contribution in [0.3, 0.4) is 0 Å². The van der Waals surface area contributed by atoms with E-state index in [2.05, 4.69) is 5.32 Å². The molecule has 0 unspecified atom stereocenters. The molecule has 0 saturated carbocycles. The quantitative estimate of drug-likeness (QED) is 0.424. The number of benzene rings is 3. The molecular weight excluding hydrogens is 368 g/mol. The summed E-state index contributed by atoms with van der Waals surface area (Å²) in [6, 6.07) is 15.2. The Kier molecular flexibility index (Phi) is 5.55. The molecule has 5 nitrogen and oxygen atoms in total. The number of hydrogen-bond acceptors (Lipinski definition) is 4. The highest BCUT2D eigenvalue weighted by Gasteiger charge is 2.18. The summed E-state index contributed by atoms with van der Waals surface area (Å²) < 4.78 is 31.1. The van der Waals surface area contributed by atoms with E-state index in [0.29, 0.717) is 0 Å². The monoisotopic (exact) mass is 381 g/mol. The lowest BCUT2D eigenvalue weighted by atomic mass is 10.1. The lowest BCUT2D eigenvalue weighted by Crippen LogP contribution is -2.31. The van der Waals surface area contributed by atoms with Crippen LogP contribution in [0.5, 0.6) is 5.75 Å². The van der Waals surface area contributed by atoms with Crippen LogP contribution in [-0.2, 0) is 0 Å². The maximum atomic E-state index is 13.0. The summed E-state index contributed by atoms with van der Waals surface area (Å²) in [5.41, 5.74) is 0.142. The van der Waals surface area contributed by atoms with Crippen LogP contribution in [0.1, 0.15) is 31.1 Å². The molecule has 0 fully saturated rings. The maximum absolute atomic E-state index is 13.0. The molecule has 0 heterocycles. The first-order chi connectivity index (χ1) is 13.4. The van der Waals surface area contributed by atoms with Crippen molar-refractivity contribution in [3.05, 3.63) is 101 Å². The highest BCUT2D eigenvalue weighted by molar-refractivity contribution is 6.11. The summed E-state index contributed by atoms with van der Waals surface area (Å²) in [6.07, 6.45) is 0. The molecular formula is C21H13F2NO4. The van der Waals surface area contributed by atoms with Gasteiger partial charge in [0, 0.05) is 5.56 Å². The molecule has 140 valence electrons. The van der Waals surface area contributed by atoms with Gasteiger partial charge < -0.3 is 4.74 Å². The van der Waals surface area contributed by atoms with Gasteiger partial charge in [0.1, 0.15) is 17.4 Å². The topological polar surface area (TPSA) is 72.5 Å². The second-order valence-electron chi connectivity index (χ2n) is 5.68. The van der Waals surface area contributed by atoms with Crippen molar-refractivity contribution in [2.45, 2.75) is 0 Å². The van der Waals surface area contributed by atoms with Gasteiger partial charge in [0.05, 0.1) is 11.1 Å². The predicted molar refractivity (Wildman–Crippen MR) is 96.0 cm³/mol. The summed E-state index contributed by atoms with van der Waals surface area (Å²) in [7, 11) is 0. The van der Waals surface area contributed by atoms with Crippen LogP contribution in [-0.4, -0.2) is 17.8 Å². The van der Waals surface area contributed by atoms with E-state index in [-0.39, 0.29) is 22.4 Å². The summed E-state index contributed by atoms with van der Waals surface area (Å²) in [4.78, 5) is 36.8. The Bertz CT molecular complexity index is 1030. The molecule has 28 heavy (non-hydrogen) atoms. The van der Waals surface area contributed by atoms with E-state index in [9.17, 15) is 23.2 Å². The third-order valence-electron chi connectivity index (χ3n) is 3.75. The van der Waals surface area contributed by atoms with E-state index in [1.54, 1.807) is 6.07 Å². The first-order valence-corrected chi connectivity index (χ1v) is 8.12. The molecule has 3 aromatic carbocycles. The van der Waals surface area contributed by atoms with Crippen molar-refractivity contribution in [2.24, 2.45) is 0 Å². The largest absolute Gasteiger partial charge is 0.422 e. The minimum atomic E-state index is -0.795. The van der Waals surface area contributed by atoms with Crippen LogP contribution in [0, 0.1) is 11.6 Å². The van der Waals surface area contributed by atoms with Gasteiger partial charge in [0.25, 0.3) is 11.8 Å². The number of hydrogen-bond donors (Lipinski definition) is 1. The molecule has 2 amide bonds. The van der Waals surface area contributed by atoms with Crippen molar-refractivity contribution < 1.29 is 27.9 Å². The summed E-state index contributed by atoms with van der Waals surface area (Å²) >= 11 is 0. The van der Waals surface area contributed by atoms with Gasteiger partial charge in [-0.1, -0.05) is 12.1 Å². The molecule has 0 bridgehead atoms. The van der Waals surface area contributed by atoms with Crippen LogP contribution >= 0.6 is 0 Å². The Morgan fingerprint density at radius 1 is 0.679 bits per heavy atom. The van der Waals surface area contributed by atoms with Crippen LogP contribution in [0.15, 0.2) is 72.8 Å². The fourth-order valence-electron chi connectivity index (χ4n) is 2.33. The number of esters is 1. The third kappa shape index (κ3) is 4.45. The highest BCUT2D eigenvalue weighted by atomic mass is 19.1. The standard InChI is InChI=1S/C21H13F2NO4/c22-15-9-5-13(6-10-15)19(25)24-20(26)17-3-1-2-4-18(17)28-21(27)14-7-11-16(23)12-8-14/h1-12H,(H,24,25,26). The molecule has 3 aromatic rings. The molecule has 1 N–H and O–H groups in total. The lowest BCUT2D eigenvalue weighted by Gasteiger charge is -2.10. The molecule has 0 aliphatic heterocycles. The van der Waals surface area contributed by atoms with Crippen molar-refractivity contribution in [1.29, 1.82) is 0 Å². The Labute approximate surface area is 158 Å². The Balaban J connectivity index is 1.76. The third-order valence-corrected chi connectivity index (χ3v) is 3.75. The Morgan fingerprint density at radius 3 is 1.82 bits per heavy atom. The maximum Gasteiger partial charge on any atom is 0.343 e. The first-order valence-electron chi connectivity index (χ1n) is 8.12. The van der Waals surface area contributed by atoms with Crippen LogP contribution < -0.4 is 10.1 Å². The first kappa shape index (κ1) is 18.9. The van der Waals surface area contributed by atoms with E-state index in [1.807, 2.05) is 0 Å². The van der Waals surface area contributed by atoms with E-state index in [1.165, 1.54) is 42.5 Å². The van der Waals surface area contributed by atoms with E-state index >= 15 is 0 Å². The molecule has 0 aliphatic rings. The molecule has 0 aromatic heterocycles. The molecule has 0 atom stereocenters. The van der Waals surface area contributed by atoms with E-state index in [0.717, 1.165) is 24.3 Å². The van der Waals surface area contributed by atoms with E-state index < -0.39 is 29.4 Å². The van der Waals surface area contributed by atoms with E-state index in [4.69, 9.17) is 4.74 Å². The Morgan fingerprint density at radius 2 is 1.21 bits per heavy atom. The molecule has 0 saturated heterocycles. The number of halogens is 2. The SMILES string of the molecule is O=C(NC(=O)c1ccccc1OC(=O)c1ccc(F)cc1)c1ccc(F)cc1. The van der Waals surface area contributed by atoms with Gasteiger partial charge in [-0.3, -0.25) is 14.9 Å². The highest BCUT2D eigenvalue weighted by Crippen LogP contribution is 2.20. The van der Waals surface area contributed by atoms with Crippen LogP contribution in [0.25, 0.3) is 0 Å². The van der Waals surface area contributed by atoms with Crippen molar-refractivity contribution in [3.63, 3.8) is 0 Å². The molecule has 3 rings (SSSR count). The van der Waals surface area contributed by atoms with Crippen molar-refractivity contribution >= 4 is 17.8 Å². The smallest absolute Gasteiger partial charge is 0.343 e. The lowest BCUT2D eigenvalue weighted by molar-refractivity contribution is 0.0732. The normalized spacial score (nSPS) is 10.2. The number of rotatable bonds is 4. The second kappa shape index (κ2) is 8.22. The van der Waals surface area contributed by atoms with Gasteiger partial charge in [-0.25, -0.2) is 13.6 Å². The van der Waals surface area contributed by atoms with Gasteiger partial charge in [-0.15, -0.1) is 0 Å². The van der Waals surface area contributed by atoms with Crippen molar-refractivity contribution in [3.8, 4) is 5.75 Å². The van der Waals surface area contributed by atoms with Crippen molar-refractivity contribution in [1.82, 2.24) is 5.32 Å². The van der Waals surface area contributed by atoms with Gasteiger partial charge in [0.2, 0.25) is 0 Å². The summed E-state index contributed by atoms with van der Waals surface area (Å²) in [6.45, 7) is 0. The number of ether oxygens (including phenoxy) is 1. The minimum absolute atomic E-state index is 0.0478. The van der Waals surface area contributed by atoms with Crippen molar-refractivity contribution in [2.75, 3.05) is 0 Å². The van der Waals surface area contributed by atoms with Gasteiger partial charge in [-0.2, -0.15) is 0 Å². The zero-order valence-electron chi connectivity index (χ0n) is 14.3. The number of imide groups is 1. The molecule has 0 spiro atoms. The number of carbonyl (C=O) groups is 3. The molecule has 0 radical (unpaired) electrons. The Hall–Kier alpha value is -3.87. The summed E-state index contributed by atoms with van der Waals surface area (Å²) in [5, 5.41) is 2.15. The van der Waals surface area contributed by atoms with Crippen LogP contribution in [0.4, 0.5) is 8.78 Å². The minimum Gasteiger partial charge on any atom is -0.422 e. The predicted octanol–water partition coefficient (Wildman–Crippen LogP) is 3.75. The van der Waals surface area contributed by atoms with Gasteiger partial charge >= 0.3 is 5.97 Å². The molecule has 0 aliphatic carbocycles. The number of nitrogens with one attached hydrogen (secondary N) is 1. The molecule has 7 heteroatoms. The fraction of sp³-hybridized carbons (Fsp3) is 0. The fourth-order valence-corrected chi connectivity index (χ4v) is 2.33.